The van der Waals surface area contributed by atoms with Crippen LogP contribution in [0.2, 0.25) is 5.02 Å². The van der Waals surface area contributed by atoms with Crippen LogP contribution in [0.15, 0.2) is 42.5 Å². The minimum absolute atomic E-state index is 0.0756. The number of nitrogens with one attached hydrogen (secondary N) is 1. The number of hydrogen-bond acceptors (Lipinski definition) is 6. The summed E-state index contributed by atoms with van der Waals surface area (Å²) in [6.07, 6.45) is 1.75. The fourth-order valence-electron chi connectivity index (χ4n) is 3.68. The Morgan fingerprint density at radius 2 is 1.78 bits per heavy atom. The third kappa shape index (κ3) is 7.04. The summed E-state index contributed by atoms with van der Waals surface area (Å²) in [5, 5.41) is 3.38. The van der Waals surface area contributed by atoms with E-state index < -0.39 is 28.5 Å². The summed E-state index contributed by atoms with van der Waals surface area (Å²) in [4.78, 5) is 27.9. The first-order valence-electron chi connectivity index (χ1n) is 11.7. The second kappa shape index (κ2) is 11.8. The molecule has 11 heteroatoms. The van der Waals surface area contributed by atoms with Crippen LogP contribution < -0.4 is 19.1 Å². The van der Waals surface area contributed by atoms with Crippen molar-refractivity contribution < 1.29 is 27.5 Å². The van der Waals surface area contributed by atoms with Crippen molar-refractivity contribution in [3.8, 4) is 11.5 Å². The molecule has 1 aliphatic rings. The van der Waals surface area contributed by atoms with Crippen molar-refractivity contribution in [2.75, 3.05) is 30.3 Å². The van der Waals surface area contributed by atoms with Gasteiger partial charge in [-0.2, -0.15) is 0 Å². The van der Waals surface area contributed by atoms with Crippen LogP contribution in [0, 0.1) is 0 Å². The summed E-state index contributed by atoms with van der Waals surface area (Å²) >= 11 is 6.13. The lowest BCUT2D eigenvalue weighted by Crippen LogP contribution is -2.52. The van der Waals surface area contributed by atoms with Crippen molar-refractivity contribution >= 4 is 39.1 Å². The molecular weight excluding hydrogens is 506 g/mol. The molecule has 0 fully saturated rings. The Kier molecular flexibility index (Phi) is 9.08. The van der Waals surface area contributed by atoms with Crippen LogP contribution in [0.3, 0.4) is 0 Å². The molecule has 0 saturated heterocycles. The molecule has 0 radical (unpaired) electrons. The highest BCUT2D eigenvalue weighted by Gasteiger charge is 2.31. The van der Waals surface area contributed by atoms with Crippen LogP contribution in [0.5, 0.6) is 11.5 Å². The molecular formula is C25H32ClN3O6S. The van der Waals surface area contributed by atoms with E-state index in [2.05, 4.69) is 5.32 Å². The number of nitrogens with zero attached hydrogens (tertiary/aromatic N) is 2. The zero-order valence-corrected chi connectivity index (χ0v) is 22.4. The van der Waals surface area contributed by atoms with E-state index in [0.717, 1.165) is 17.0 Å². The molecule has 1 heterocycles. The maximum atomic E-state index is 13.6. The molecule has 2 atom stereocenters. The highest BCUT2D eigenvalue weighted by Crippen LogP contribution is 2.34. The molecule has 2 aromatic carbocycles. The van der Waals surface area contributed by atoms with Crippen molar-refractivity contribution in [3.05, 3.63) is 53.1 Å². The molecule has 0 spiro atoms. The number of halogens is 1. The maximum absolute atomic E-state index is 13.6. The Bertz CT molecular complexity index is 1210. The van der Waals surface area contributed by atoms with Gasteiger partial charge in [0.1, 0.15) is 25.8 Å². The van der Waals surface area contributed by atoms with Crippen LogP contribution in [0.25, 0.3) is 0 Å². The molecule has 0 unspecified atom stereocenters. The number of hydrogen-bond donors (Lipinski definition) is 1. The largest absolute Gasteiger partial charge is 0.486 e. The fourth-order valence-corrected chi connectivity index (χ4v) is 4.74. The van der Waals surface area contributed by atoms with Gasteiger partial charge in [-0.05, 0) is 50.1 Å². The van der Waals surface area contributed by atoms with Gasteiger partial charge >= 0.3 is 0 Å². The molecule has 2 aromatic rings. The Hall–Kier alpha value is -2.98. The van der Waals surface area contributed by atoms with E-state index in [0.29, 0.717) is 35.3 Å². The summed E-state index contributed by atoms with van der Waals surface area (Å²) in [7, 11) is -3.85. The highest BCUT2D eigenvalue weighted by atomic mass is 35.5. The number of amides is 2. The first kappa shape index (κ1) is 27.6. The normalized spacial score (nSPS) is 14.5. The predicted octanol–water partition coefficient (Wildman–Crippen LogP) is 3.21. The summed E-state index contributed by atoms with van der Waals surface area (Å²) < 4.78 is 37.6. The molecule has 2 amide bonds. The Labute approximate surface area is 217 Å². The van der Waals surface area contributed by atoms with E-state index in [4.69, 9.17) is 21.1 Å². The second-order valence-electron chi connectivity index (χ2n) is 8.74. The number of benzene rings is 2. The van der Waals surface area contributed by atoms with Gasteiger partial charge in [-0.15, -0.1) is 0 Å². The van der Waals surface area contributed by atoms with E-state index in [1.807, 2.05) is 13.8 Å². The number of sulfonamides is 1. The zero-order chi connectivity index (χ0) is 26.5. The summed E-state index contributed by atoms with van der Waals surface area (Å²) in [6.45, 7) is 5.76. The van der Waals surface area contributed by atoms with Crippen LogP contribution in [-0.2, 0) is 26.2 Å². The molecule has 3 rings (SSSR count). The van der Waals surface area contributed by atoms with Crippen LogP contribution >= 0.6 is 11.6 Å². The number of ether oxygens (including phenoxy) is 2. The summed E-state index contributed by atoms with van der Waals surface area (Å²) in [5.41, 5.74) is 0.971. The monoisotopic (exact) mass is 537 g/mol. The molecule has 1 aliphatic heterocycles. The molecule has 196 valence electrons. The average molecular weight is 538 g/mol. The highest BCUT2D eigenvalue weighted by molar-refractivity contribution is 7.92. The van der Waals surface area contributed by atoms with Crippen molar-refractivity contribution in [3.63, 3.8) is 0 Å². The lowest BCUT2D eigenvalue weighted by molar-refractivity contribution is -0.139. The lowest BCUT2D eigenvalue weighted by atomic mass is 10.1. The molecule has 36 heavy (non-hydrogen) atoms. The maximum Gasteiger partial charge on any atom is 0.244 e. The van der Waals surface area contributed by atoms with Gasteiger partial charge in [0.15, 0.2) is 11.5 Å². The number of fused-ring (bicyclic) bond motifs is 1. The second-order valence-corrected chi connectivity index (χ2v) is 11.1. The molecule has 0 bridgehead atoms. The van der Waals surface area contributed by atoms with Crippen LogP contribution in [0.1, 0.15) is 32.8 Å². The van der Waals surface area contributed by atoms with Gasteiger partial charge in [-0.3, -0.25) is 13.9 Å². The number of carbonyl (C=O) groups is 2. The van der Waals surface area contributed by atoms with Gasteiger partial charge < -0.3 is 19.7 Å². The van der Waals surface area contributed by atoms with E-state index >= 15 is 0 Å². The standard InChI is InChI=1S/C25H32ClN3O6S/c1-5-17(2)27-25(31)18(3)28(15-19-7-6-8-20(26)13-19)24(30)16-29(36(4,32)33)21-9-10-22-23(14-21)35-12-11-34-22/h6-10,13-14,17-18H,5,11-12,15-16H2,1-4H3,(H,27,31)/t17-,18-/m0/s1. The molecule has 0 aliphatic carbocycles. The Morgan fingerprint density at radius 1 is 1.08 bits per heavy atom. The van der Waals surface area contributed by atoms with Crippen molar-refractivity contribution in [2.24, 2.45) is 0 Å². The van der Waals surface area contributed by atoms with Crippen LogP contribution in [-0.4, -0.2) is 63.2 Å². The van der Waals surface area contributed by atoms with E-state index in [1.54, 1.807) is 43.3 Å². The summed E-state index contributed by atoms with van der Waals surface area (Å²) in [5.74, 6) is 0.0340. The molecule has 0 saturated carbocycles. The smallest absolute Gasteiger partial charge is 0.244 e. The van der Waals surface area contributed by atoms with Crippen LogP contribution in [0.4, 0.5) is 5.69 Å². The van der Waals surface area contributed by atoms with Crippen molar-refractivity contribution in [1.29, 1.82) is 0 Å². The van der Waals surface area contributed by atoms with E-state index in [-0.39, 0.29) is 24.2 Å². The minimum atomic E-state index is -3.85. The molecule has 9 nitrogen and oxygen atoms in total. The van der Waals surface area contributed by atoms with Gasteiger partial charge in [-0.1, -0.05) is 30.7 Å². The van der Waals surface area contributed by atoms with E-state index in [1.165, 1.54) is 11.0 Å². The summed E-state index contributed by atoms with van der Waals surface area (Å²) in [6, 6.07) is 10.7. The Morgan fingerprint density at radius 3 is 2.42 bits per heavy atom. The third-order valence-electron chi connectivity index (χ3n) is 5.90. The molecule has 1 N–H and O–H groups in total. The molecule has 0 aromatic heterocycles. The third-order valence-corrected chi connectivity index (χ3v) is 7.28. The first-order valence-corrected chi connectivity index (χ1v) is 13.9. The predicted molar refractivity (Wildman–Crippen MR) is 139 cm³/mol. The zero-order valence-electron chi connectivity index (χ0n) is 20.9. The number of anilines is 1. The van der Waals surface area contributed by atoms with Gasteiger partial charge in [0.2, 0.25) is 21.8 Å². The minimum Gasteiger partial charge on any atom is -0.486 e. The number of rotatable bonds is 10. The lowest BCUT2D eigenvalue weighted by Gasteiger charge is -2.32. The number of carbonyl (C=O) groups excluding carboxylic acids is 2. The average Bonchev–Trinajstić information content (AvgIpc) is 2.84. The Balaban J connectivity index is 1.91. The van der Waals surface area contributed by atoms with Gasteiger partial charge in [0.25, 0.3) is 0 Å². The van der Waals surface area contributed by atoms with E-state index in [9.17, 15) is 18.0 Å². The van der Waals surface area contributed by atoms with Crippen molar-refractivity contribution in [1.82, 2.24) is 10.2 Å². The quantitative estimate of drug-likeness (QED) is 0.499. The first-order chi connectivity index (χ1) is 17.0. The topological polar surface area (TPSA) is 105 Å². The van der Waals surface area contributed by atoms with Gasteiger partial charge in [0.05, 0.1) is 11.9 Å². The van der Waals surface area contributed by atoms with Gasteiger partial charge in [0, 0.05) is 23.7 Å². The fraction of sp³-hybridized carbons (Fsp3) is 0.440. The van der Waals surface area contributed by atoms with Crippen molar-refractivity contribution in [2.45, 2.75) is 45.8 Å². The van der Waals surface area contributed by atoms with Gasteiger partial charge in [-0.25, -0.2) is 8.42 Å². The SMILES string of the molecule is CC[C@H](C)NC(=O)[C@H](C)N(Cc1cccc(Cl)c1)C(=O)CN(c1ccc2c(c1)OCCO2)S(C)(=O)=O.